The summed E-state index contributed by atoms with van der Waals surface area (Å²) in [5.74, 6) is 0.970. The van der Waals surface area contributed by atoms with Gasteiger partial charge in [0, 0.05) is 38.3 Å². The third kappa shape index (κ3) is 3.31. The average Bonchev–Trinajstić information content (AvgIpc) is 2.77. The van der Waals surface area contributed by atoms with Gasteiger partial charge in [-0.15, -0.1) is 0 Å². The monoisotopic (exact) mass is 252 g/mol. The first-order valence-electron chi connectivity index (χ1n) is 6.78. The molecule has 1 fully saturated rings. The van der Waals surface area contributed by atoms with E-state index in [1.165, 1.54) is 0 Å². The van der Waals surface area contributed by atoms with Crippen molar-refractivity contribution < 1.29 is 4.52 Å². The third-order valence-corrected chi connectivity index (χ3v) is 3.60. The fraction of sp³-hybridized carbons (Fsp3) is 0.769. The smallest absolute Gasteiger partial charge is 0.151 e. The summed E-state index contributed by atoms with van der Waals surface area (Å²) in [4.78, 5) is 4.96. The molecule has 18 heavy (non-hydrogen) atoms. The molecule has 0 saturated carbocycles. The Morgan fingerprint density at radius 1 is 1.50 bits per heavy atom. The van der Waals surface area contributed by atoms with Gasteiger partial charge in [-0.05, 0) is 20.5 Å². The number of nitrogens with one attached hydrogen (secondary N) is 1. The molecule has 1 atom stereocenters. The van der Waals surface area contributed by atoms with E-state index in [1.807, 2.05) is 13.1 Å². The predicted octanol–water partition coefficient (Wildman–Crippen LogP) is 0.920. The van der Waals surface area contributed by atoms with Crippen molar-refractivity contribution in [2.45, 2.75) is 33.0 Å². The maximum atomic E-state index is 5.36. The van der Waals surface area contributed by atoms with E-state index in [2.05, 4.69) is 34.1 Å². The van der Waals surface area contributed by atoms with Crippen LogP contribution in [0, 0.1) is 0 Å². The van der Waals surface area contributed by atoms with Crippen LogP contribution in [0.3, 0.4) is 0 Å². The first-order chi connectivity index (χ1) is 8.72. The van der Waals surface area contributed by atoms with Crippen molar-refractivity contribution in [2.75, 3.05) is 33.2 Å². The highest BCUT2D eigenvalue weighted by Crippen LogP contribution is 2.13. The Labute approximate surface area is 109 Å². The van der Waals surface area contributed by atoms with Crippen LogP contribution in [0.4, 0.5) is 0 Å². The summed E-state index contributed by atoms with van der Waals surface area (Å²) in [6.07, 6.45) is 0. The first-order valence-corrected chi connectivity index (χ1v) is 6.78. The van der Waals surface area contributed by atoms with Crippen LogP contribution in [0.1, 0.15) is 25.3 Å². The van der Waals surface area contributed by atoms with E-state index < -0.39 is 0 Å². The van der Waals surface area contributed by atoms with Gasteiger partial charge in [-0.2, -0.15) is 0 Å². The zero-order valence-electron chi connectivity index (χ0n) is 11.6. The molecule has 0 radical (unpaired) electrons. The number of hydrogen-bond acceptors (Lipinski definition) is 5. The third-order valence-electron chi connectivity index (χ3n) is 3.60. The van der Waals surface area contributed by atoms with Crippen molar-refractivity contribution in [1.82, 2.24) is 20.3 Å². The second-order valence-corrected chi connectivity index (χ2v) is 5.03. The molecule has 1 N–H and O–H groups in total. The number of nitrogens with zero attached hydrogens (tertiary/aromatic N) is 3. The molecular weight excluding hydrogens is 228 g/mol. The molecule has 0 spiro atoms. The number of aromatic nitrogens is 1. The van der Waals surface area contributed by atoms with Crippen LogP contribution in [0.2, 0.25) is 0 Å². The molecule has 0 aliphatic carbocycles. The van der Waals surface area contributed by atoms with Gasteiger partial charge in [0.1, 0.15) is 0 Å². The summed E-state index contributed by atoms with van der Waals surface area (Å²) < 4.78 is 5.36. The standard InChI is InChI=1S/C13H24N4O/c1-4-17-6-5-16(9-11(17)2)10-13-7-12(8-14-3)15-18-13/h7,11,14H,4-6,8-10H2,1-3H3. The Hall–Kier alpha value is -0.910. The number of rotatable bonds is 5. The van der Waals surface area contributed by atoms with Gasteiger partial charge in [-0.25, -0.2) is 0 Å². The SMILES string of the molecule is CCN1CCN(Cc2cc(CNC)no2)CC1C. The van der Waals surface area contributed by atoms with Crippen LogP contribution < -0.4 is 5.32 Å². The first kappa shape index (κ1) is 13.5. The molecule has 1 aliphatic heterocycles. The lowest BCUT2D eigenvalue weighted by Gasteiger charge is -2.38. The summed E-state index contributed by atoms with van der Waals surface area (Å²) in [5, 5.41) is 7.13. The van der Waals surface area contributed by atoms with E-state index in [0.717, 1.165) is 50.7 Å². The average molecular weight is 252 g/mol. The van der Waals surface area contributed by atoms with Gasteiger partial charge in [0.2, 0.25) is 0 Å². The number of likely N-dealkylation sites (N-methyl/N-ethyl adjacent to an activating group) is 1. The zero-order valence-corrected chi connectivity index (χ0v) is 11.6. The minimum absolute atomic E-state index is 0.628. The van der Waals surface area contributed by atoms with E-state index in [-0.39, 0.29) is 0 Å². The molecule has 5 heteroatoms. The van der Waals surface area contributed by atoms with E-state index in [1.54, 1.807) is 0 Å². The molecule has 2 heterocycles. The normalized spacial score (nSPS) is 22.5. The van der Waals surface area contributed by atoms with Crippen LogP contribution in [-0.2, 0) is 13.1 Å². The maximum absolute atomic E-state index is 5.36. The van der Waals surface area contributed by atoms with Crippen LogP contribution >= 0.6 is 0 Å². The van der Waals surface area contributed by atoms with Crippen LogP contribution in [-0.4, -0.2) is 54.2 Å². The predicted molar refractivity (Wildman–Crippen MR) is 71.3 cm³/mol. The van der Waals surface area contributed by atoms with E-state index >= 15 is 0 Å². The molecule has 0 bridgehead atoms. The van der Waals surface area contributed by atoms with E-state index in [4.69, 9.17) is 4.52 Å². The molecule has 1 unspecified atom stereocenters. The lowest BCUT2D eigenvalue weighted by molar-refractivity contribution is 0.0774. The summed E-state index contributed by atoms with van der Waals surface area (Å²) in [7, 11) is 1.92. The minimum Gasteiger partial charge on any atom is -0.360 e. The van der Waals surface area contributed by atoms with Gasteiger partial charge in [0.15, 0.2) is 5.76 Å². The Morgan fingerprint density at radius 3 is 3.00 bits per heavy atom. The largest absolute Gasteiger partial charge is 0.360 e. The lowest BCUT2D eigenvalue weighted by Crippen LogP contribution is -2.51. The summed E-state index contributed by atoms with van der Waals surface area (Å²) >= 11 is 0. The van der Waals surface area contributed by atoms with Crippen molar-refractivity contribution in [3.05, 3.63) is 17.5 Å². The lowest BCUT2D eigenvalue weighted by atomic mass is 10.2. The Bertz CT molecular complexity index is 366. The van der Waals surface area contributed by atoms with Crippen molar-refractivity contribution in [2.24, 2.45) is 0 Å². The van der Waals surface area contributed by atoms with Crippen molar-refractivity contribution in [3.63, 3.8) is 0 Å². The quantitative estimate of drug-likeness (QED) is 0.844. The van der Waals surface area contributed by atoms with Crippen molar-refractivity contribution >= 4 is 0 Å². The molecule has 5 nitrogen and oxygen atoms in total. The van der Waals surface area contributed by atoms with Gasteiger partial charge in [0.25, 0.3) is 0 Å². The maximum Gasteiger partial charge on any atom is 0.151 e. The Kier molecular flexibility index (Phi) is 4.74. The molecule has 0 aromatic carbocycles. The summed E-state index contributed by atoms with van der Waals surface area (Å²) in [5.41, 5.74) is 0.979. The summed E-state index contributed by atoms with van der Waals surface area (Å²) in [6, 6.07) is 2.68. The molecule has 1 saturated heterocycles. The van der Waals surface area contributed by atoms with Crippen LogP contribution in [0.5, 0.6) is 0 Å². The van der Waals surface area contributed by atoms with E-state index in [0.29, 0.717) is 6.04 Å². The fourth-order valence-electron chi connectivity index (χ4n) is 2.60. The molecule has 0 amide bonds. The molecule has 1 aromatic heterocycles. The van der Waals surface area contributed by atoms with Gasteiger partial charge < -0.3 is 9.84 Å². The van der Waals surface area contributed by atoms with Crippen LogP contribution in [0.15, 0.2) is 10.6 Å². The topological polar surface area (TPSA) is 44.5 Å². The minimum atomic E-state index is 0.628. The highest BCUT2D eigenvalue weighted by atomic mass is 16.5. The Balaban J connectivity index is 1.86. The van der Waals surface area contributed by atoms with Crippen LogP contribution in [0.25, 0.3) is 0 Å². The van der Waals surface area contributed by atoms with E-state index in [9.17, 15) is 0 Å². The zero-order chi connectivity index (χ0) is 13.0. The van der Waals surface area contributed by atoms with Gasteiger partial charge in [-0.3, -0.25) is 9.80 Å². The van der Waals surface area contributed by atoms with Gasteiger partial charge in [0.05, 0.1) is 12.2 Å². The highest BCUT2D eigenvalue weighted by molar-refractivity contribution is 5.05. The molecule has 1 aliphatic rings. The van der Waals surface area contributed by atoms with Gasteiger partial charge in [-0.1, -0.05) is 12.1 Å². The molecule has 102 valence electrons. The van der Waals surface area contributed by atoms with Gasteiger partial charge >= 0.3 is 0 Å². The molecular formula is C13H24N4O. The number of hydrogen-bond donors (Lipinski definition) is 1. The Morgan fingerprint density at radius 2 is 2.33 bits per heavy atom. The molecule has 2 rings (SSSR count). The second-order valence-electron chi connectivity index (χ2n) is 5.03. The molecule has 1 aromatic rings. The van der Waals surface area contributed by atoms with Crippen molar-refractivity contribution in [1.29, 1.82) is 0 Å². The summed E-state index contributed by atoms with van der Waals surface area (Å²) in [6.45, 7) is 10.7. The number of piperazine rings is 1. The highest BCUT2D eigenvalue weighted by Gasteiger charge is 2.23. The second kappa shape index (κ2) is 6.31. The fourth-order valence-corrected chi connectivity index (χ4v) is 2.60. The van der Waals surface area contributed by atoms with Crippen molar-refractivity contribution in [3.8, 4) is 0 Å².